The molecule has 0 bridgehead atoms. The number of guanidine groups is 1. The van der Waals surface area contributed by atoms with Crippen LogP contribution in [0.5, 0.6) is 0 Å². The van der Waals surface area contributed by atoms with E-state index in [2.05, 4.69) is 16.0 Å². The fraction of sp³-hybridized carbons (Fsp3) is 0.533. The van der Waals surface area contributed by atoms with Crippen LogP contribution >= 0.6 is 11.6 Å². The summed E-state index contributed by atoms with van der Waals surface area (Å²) in [5.41, 5.74) is 7.39. The van der Waals surface area contributed by atoms with Crippen LogP contribution in [0.3, 0.4) is 0 Å². The molecule has 1 aromatic rings. The van der Waals surface area contributed by atoms with E-state index >= 15 is 0 Å². The largest absolute Gasteiger partial charge is 0.370 e. The number of halogens is 1. The molecule has 1 saturated carbocycles. The molecule has 0 amide bonds. The van der Waals surface area contributed by atoms with Crippen LogP contribution in [-0.4, -0.2) is 30.0 Å². The quantitative estimate of drug-likeness (QED) is 0.667. The number of piperidine rings is 1. The summed E-state index contributed by atoms with van der Waals surface area (Å²) in [5.74, 6) is 1.23. The molecule has 19 heavy (non-hydrogen) atoms. The maximum absolute atomic E-state index is 6.11. The van der Waals surface area contributed by atoms with Crippen LogP contribution in [0.25, 0.3) is 0 Å². The SMILES string of the molecule is NC(=NC1CC1c1cccc(Cl)c1)N1CCCCC1. The molecule has 1 aliphatic heterocycles. The lowest BCUT2D eigenvalue weighted by Gasteiger charge is -2.27. The monoisotopic (exact) mass is 277 g/mol. The molecule has 1 aliphatic carbocycles. The van der Waals surface area contributed by atoms with Crippen LogP contribution in [0.4, 0.5) is 0 Å². The molecule has 0 aromatic heterocycles. The van der Waals surface area contributed by atoms with E-state index in [0.29, 0.717) is 12.0 Å². The average Bonchev–Trinajstić information content (AvgIpc) is 3.19. The molecule has 1 heterocycles. The van der Waals surface area contributed by atoms with E-state index in [-0.39, 0.29) is 0 Å². The molecule has 102 valence electrons. The Bertz CT molecular complexity index is 480. The van der Waals surface area contributed by atoms with Gasteiger partial charge in [-0.3, -0.25) is 0 Å². The zero-order valence-corrected chi connectivity index (χ0v) is 11.8. The first-order valence-corrected chi connectivity index (χ1v) is 7.45. The summed E-state index contributed by atoms with van der Waals surface area (Å²) in [6.45, 7) is 2.12. The van der Waals surface area contributed by atoms with Crippen molar-refractivity contribution in [2.24, 2.45) is 10.7 Å². The molecular formula is C15H20ClN3. The smallest absolute Gasteiger partial charge is 0.191 e. The summed E-state index contributed by atoms with van der Waals surface area (Å²) in [6, 6.07) is 8.43. The Labute approximate surface area is 119 Å². The molecule has 2 fully saturated rings. The highest BCUT2D eigenvalue weighted by atomic mass is 35.5. The summed E-state index contributed by atoms with van der Waals surface area (Å²) < 4.78 is 0. The van der Waals surface area contributed by atoms with E-state index < -0.39 is 0 Å². The van der Waals surface area contributed by atoms with Crippen molar-refractivity contribution in [2.45, 2.75) is 37.6 Å². The standard InChI is InChI=1S/C15H20ClN3/c16-12-6-4-5-11(9-12)13-10-14(13)18-15(17)19-7-2-1-3-8-19/h4-6,9,13-14H,1-3,7-8,10H2,(H2,17,18). The van der Waals surface area contributed by atoms with Crippen molar-refractivity contribution in [3.8, 4) is 0 Å². The molecule has 3 nitrogen and oxygen atoms in total. The first-order chi connectivity index (χ1) is 9.24. The van der Waals surface area contributed by atoms with Gasteiger partial charge < -0.3 is 10.6 Å². The Balaban J connectivity index is 1.63. The molecule has 2 aliphatic rings. The van der Waals surface area contributed by atoms with Gasteiger partial charge in [-0.1, -0.05) is 23.7 Å². The Hall–Kier alpha value is -1.22. The number of aliphatic imine (C=N–C) groups is 1. The van der Waals surface area contributed by atoms with Crippen LogP contribution < -0.4 is 5.73 Å². The van der Waals surface area contributed by atoms with Crippen LogP contribution in [0.1, 0.15) is 37.2 Å². The summed E-state index contributed by atoms with van der Waals surface area (Å²) in [5, 5.41) is 0.802. The van der Waals surface area contributed by atoms with E-state index in [9.17, 15) is 0 Å². The van der Waals surface area contributed by atoms with Crippen molar-refractivity contribution in [1.82, 2.24) is 4.90 Å². The minimum atomic E-state index is 0.348. The van der Waals surface area contributed by atoms with Crippen LogP contribution in [-0.2, 0) is 0 Å². The van der Waals surface area contributed by atoms with Gasteiger partial charge in [0.15, 0.2) is 5.96 Å². The zero-order valence-electron chi connectivity index (χ0n) is 11.1. The number of nitrogens with zero attached hydrogens (tertiary/aromatic N) is 2. The summed E-state index contributed by atoms with van der Waals surface area (Å²) >= 11 is 6.02. The predicted octanol–water partition coefficient (Wildman–Crippen LogP) is 3.00. The molecule has 1 saturated heterocycles. The maximum Gasteiger partial charge on any atom is 0.191 e. The normalized spacial score (nSPS) is 27.4. The van der Waals surface area contributed by atoms with Gasteiger partial charge in [0.05, 0.1) is 6.04 Å². The Morgan fingerprint density at radius 1 is 1.26 bits per heavy atom. The predicted molar refractivity (Wildman–Crippen MR) is 79.6 cm³/mol. The first-order valence-electron chi connectivity index (χ1n) is 7.08. The van der Waals surface area contributed by atoms with Crippen LogP contribution in [0.2, 0.25) is 5.02 Å². The minimum absolute atomic E-state index is 0.348. The van der Waals surface area contributed by atoms with Gasteiger partial charge in [0, 0.05) is 24.0 Å². The molecule has 2 atom stereocenters. The second-order valence-electron chi connectivity index (χ2n) is 5.50. The second kappa shape index (κ2) is 5.41. The van der Waals surface area contributed by atoms with Crippen molar-refractivity contribution in [3.63, 3.8) is 0 Å². The second-order valence-corrected chi connectivity index (χ2v) is 5.94. The van der Waals surface area contributed by atoms with Gasteiger partial charge >= 0.3 is 0 Å². The number of rotatable bonds is 2. The van der Waals surface area contributed by atoms with Crippen molar-refractivity contribution < 1.29 is 0 Å². The lowest BCUT2D eigenvalue weighted by Crippen LogP contribution is -2.41. The summed E-state index contributed by atoms with van der Waals surface area (Å²) in [6.07, 6.45) is 4.88. The molecule has 0 spiro atoms. The summed E-state index contributed by atoms with van der Waals surface area (Å²) in [7, 11) is 0. The van der Waals surface area contributed by atoms with Crippen molar-refractivity contribution >= 4 is 17.6 Å². The third kappa shape index (κ3) is 3.03. The van der Waals surface area contributed by atoms with Gasteiger partial charge in [-0.25, -0.2) is 4.99 Å². The first kappa shape index (κ1) is 12.8. The topological polar surface area (TPSA) is 41.6 Å². The highest BCUT2D eigenvalue weighted by molar-refractivity contribution is 6.30. The Kier molecular flexibility index (Phi) is 3.65. The molecule has 3 rings (SSSR count). The fourth-order valence-corrected chi connectivity index (χ4v) is 2.99. The summed E-state index contributed by atoms with van der Waals surface area (Å²) in [4.78, 5) is 6.90. The Morgan fingerprint density at radius 2 is 2.05 bits per heavy atom. The van der Waals surface area contributed by atoms with E-state index in [1.165, 1.54) is 24.8 Å². The lowest BCUT2D eigenvalue weighted by molar-refractivity contribution is 0.338. The number of likely N-dealkylation sites (tertiary alicyclic amines) is 1. The fourth-order valence-electron chi connectivity index (χ4n) is 2.79. The maximum atomic E-state index is 6.11. The number of benzene rings is 1. The molecule has 1 aromatic carbocycles. The van der Waals surface area contributed by atoms with Crippen molar-refractivity contribution in [3.05, 3.63) is 34.9 Å². The highest BCUT2D eigenvalue weighted by Crippen LogP contribution is 2.44. The lowest BCUT2D eigenvalue weighted by atomic mass is 10.1. The highest BCUT2D eigenvalue weighted by Gasteiger charge is 2.39. The molecule has 2 N–H and O–H groups in total. The van der Waals surface area contributed by atoms with E-state index in [0.717, 1.165) is 30.5 Å². The number of hydrogen-bond acceptors (Lipinski definition) is 1. The average molecular weight is 278 g/mol. The third-order valence-electron chi connectivity index (χ3n) is 4.01. The van der Waals surface area contributed by atoms with E-state index in [1.54, 1.807) is 0 Å². The minimum Gasteiger partial charge on any atom is -0.370 e. The van der Waals surface area contributed by atoms with E-state index in [1.807, 2.05) is 18.2 Å². The molecule has 2 unspecified atom stereocenters. The van der Waals surface area contributed by atoms with Crippen molar-refractivity contribution in [2.75, 3.05) is 13.1 Å². The molecule has 0 radical (unpaired) electrons. The Morgan fingerprint density at radius 3 is 2.79 bits per heavy atom. The van der Waals surface area contributed by atoms with Gasteiger partial charge in [-0.2, -0.15) is 0 Å². The van der Waals surface area contributed by atoms with Gasteiger partial charge in [-0.05, 0) is 43.4 Å². The van der Waals surface area contributed by atoms with Gasteiger partial charge in [-0.15, -0.1) is 0 Å². The number of hydrogen-bond donors (Lipinski definition) is 1. The van der Waals surface area contributed by atoms with E-state index in [4.69, 9.17) is 17.3 Å². The third-order valence-corrected chi connectivity index (χ3v) is 4.25. The molecular weight excluding hydrogens is 258 g/mol. The van der Waals surface area contributed by atoms with Gasteiger partial charge in [0.25, 0.3) is 0 Å². The zero-order chi connectivity index (χ0) is 13.2. The number of nitrogens with two attached hydrogens (primary N) is 1. The van der Waals surface area contributed by atoms with Gasteiger partial charge in [0.2, 0.25) is 0 Å². The van der Waals surface area contributed by atoms with Gasteiger partial charge in [0.1, 0.15) is 0 Å². The molecule has 4 heteroatoms. The van der Waals surface area contributed by atoms with Crippen LogP contribution in [0, 0.1) is 0 Å². The van der Waals surface area contributed by atoms with Crippen LogP contribution in [0.15, 0.2) is 29.3 Å². The van der Waals surface area contributed by atoms with Crippen molar-refractivity contribution in [1.29, 1.82) is 0 Å².